The van der Waals surface area contributed by atoms with Crippen molar-refractivity contribution < 1.29 is 32.7 Å². The van der Waals surface area contributed by atoms with Gasteiger partial charge in [-0.15, -0.1) is 10.2 Å². The standard InChI is InChI=1S/C21H23Cl2FN3O6PS/c1-10(2)32-18-5-4-12(6-15(18)23)20-26-27-21(35-20)13-7-16(24)19(8-14(13)22)31-9-17(25)11(3)33-34(28,29)30/h4-8,10-11,17H,9,25H2,1-3H3,(H2,28,29,30)/t11-,17+/m0/s1. The first kappa shape index (κ1) is 27.8. The van der Waals surface area contributed by atoms with Crippen molar-refractivity contribution in [3.8, 4) is 32.6 Å². The molecule has 0 saturated heterocycles. The molecule has 3 aromatic rings. The van der Waals surface area contributed by atoms with Crippen molar-refractivity contribution in [2.75, 3.05) is 6.61 Å². The Labute approximate surface area is 215 Å². The van der Waals surface area contributed by atoms with Gasteiger partial charge in [0, 0.05) is 17.2 Å². The van der Waals surface area contributed by atoms with Crippen LogP contribution in [0.5, 0.6) is 11.5 Å². The summed E-state index contributed by atoms with van der Waals surface area (Å²) in [5, 5.41) is 9.81. The largest absolute Gasteiger partial charge is 0.489 e. The van der Waals surface area contributed by atoms with Crippen molar-refractivity contribution in [3.05, 3.63) is 46.2 Å². The van der Waals surface area contributed by atoms with Crippen LogP contribution in [0.1, 0.15) is 20.8 Å². The van der Waals surface area contributed by atoms with Gasteiger partial charge in [-0.3, -0.25) is 4.52 Å². The third-order valence-electron chi connectivity index (χ3n) is 4.56. The molecule has 4 N–H and O–H groups in total. The summed E-state index contributed by atoms with van der Waals surface area (Å²) in [5.74, 6) is -0.358. The van der Waals surface area contributed by atoms with Crippen LogP contribution >= 0.6 is 42.4 Å². The second-order valence-corrected chi connectivity index (χ2v) is 10.7. The summed E-state index contributed by atoms with van der Waals surface area (Å²) in [6.45, 7) is 4.89. The van der Waals surface area contributed by atoms with Crippen LogP contribution in [0.25, 0.3) is 21.1 Å². The van der Waals surface area contributed by atoms with Crippen molar-refractivity contribution in [2.45, 2.75) is 39.0 Å². The first-order valence-electron chi connectivity index (χ1n) is 10.3. The first-order valence-corrected chi connectivity index (χ1v) is 13.4. The van der Waals surface area contributed by atoms with E-state index in [0.717, 1.165) is 6.07 Å². The zero-order valence-electron chi connectivity index (χ0n) is 18.8. The van der Waals surface area contributed by atoms with Crippen molar-refractivity contribution >= 4 is 42.4 Å². The van der Waals surface area contributed by atoms with Gasteiger partial charge in [-0.05, 0) is 45.0 Å². The summed E-state index contributed by atoms with van der Waals surface area (Å²) in [6, 6.07) is 6.75. The van der Waals surface area contributed by atoms with Gasteiger partial charge in [0.05, 0.1) is 28.3 Å². The maximum atomic E-state index is 14.7. The number of halogens is 3. The number of phosphoric acid groups is 1. The quantitative estimate of drug-likeness (QED) is 0.279. The fourth-order valence-corrected chi connectivity index (χ4v) is 4.84. The Hall–Kier alpha value is -1.82. The van der Waals surface area contributed by atoms with E-state index in [0.29, 0.717) is 31.9 Å². The number of phosphoric ester groups is 1. The summed E-state index contributed by atoms with van der Waals surface area (Å²) < 4.78 is 41.1. The Kier molecular flexibility index (Phi) is 9.11. The van der Waals surface area contributed by atoms with Gasteiger partial charge in [0.15, 0.2) is 11.6 Å². The van der Waals surface area contributed by atoms with Gasteiger partial charge in [-0.25, -0.2) is 8.96 Å². The number of rotatable bonds is 10. The molecule has 1 aromatic heterocycles. The predicted molar refractivity (Wildman–Crippen MR) is 133 cm³/mol. The van der Waals surface area contributed by atoms with Crippen LogP contribution in [0.2, 0.25) is 10.0 Å². The van der Waals surface area contributed by atoms with Gasteiger partial charge in [0.2, 0.25) is 0 Å². The maximum absolute atomic E-state index is 14.7. The number of nitrogens with two attached hydrogens (primary N) is 1. The van der Waals surface area contributed by atoms with E-state index < -0.39 is 25.8 Å². The molecule has 9 nitrogen and oxygen atoms in total. The van der Waals surface area contributed by atoms with E-state index in [-0.39, 0.29) is 23.5 Å². The van der Waals surface area contributed by atoms with E-state index in [4.69, 9.17) is 48.2 Å². The summed E-state index contributed by atoms with van der Waals surface area (Å²) in [7, 11) is -4.72. The van der Waals surface area contributed by atoms with E-state index in [1.807, 2.05) is 13.8 Å². The molecule has 1 heterocycles. The van der Waals surface area contributed by atoms with Gasteiger partial charge < -0.3 is 25.0 Å². The molecule has 0 amide bonds. The Morgan fingerprint density at radius 2 is 1.77 bits per heavy atom. The average molecular weight is 566 g/mol. The van der Waals surface area contributed by atoms with Gasteiger partial charge in [0.1, 0.15) is 22.4 Å². The lowest BCUT2D eigenvalue weighted by Gasteiger charge is -2.21. The minimum absolute atomic E-state index is 0.0253. The zero-order valence-corrected chi connectivity index (χ0v) is 22.0. The molecular formula is C21H23Cl2FN3O6PS. The van der Waals surface area contributed by atoms with Crippen LogP contribution in [0.15, 0.2) is 30.3 Å². The Morgan fingerprint density at radius 1 is 1.09 bits per heavy atom. The smallest absolute Gasteiger partial charge is 0.469 e. The topological polar surface area (TPSA) is 137 Å². The fraction of sp³-hybridized carbons (Fsp3) is 0.333. The van der Waals surface area contributed by atoms with E-state index in [1.54, 1.807) is 18.2 Å². The van der Waals surface area contributed by atoms with E-state index >= 15 is 0 Å². The Balaban J connectivity index is 1.75. The highest BCUT2D eigenvalue weighted by Gasteiger charge is 2.25. The molecule has 35 heavy (non-hydrogen) atoms. The minimum atomic E-state index is -4.72. The predicted octanol–water partition coefficient (Wildman–Crippen LogP) is 5.31. The third kappa shape index (κ3) is 7.58. The number of hydrogen-bond acceptors (Lipinski definition) is 8. The van der Waals surface area contributed by atoms with E-state index in [2.05, 4.69) is 14.7 Å². The molecule has 2 atom stereocenters. The first-order chi connectivity index (χ1) is 16.3. The van der Waals surface area contributed by atoms with Gasteiger partial charge >= 0.3 is 7.82 Å². The van der Waals surface area contributed by atoms with Crippen LogP contribution in [0.3, 0.4) is 0 Å². The van der Waals surface area contributed by atoms with Gasteiger partial charge in [-0.1, -0.05) is 34.5 Å². The molecular weight excluding hydrogens is 543 g/mol. The van der Waals surface area contributed by atoms with Crippen LogP contribution in [0.4, 0.5) is 4.39 Å². The monoisotopic (exact) mass is 565 g/mol. The van der Waals surface area contributed by atoms with Gasteiger partial charge in [0.25, 0.3) is 0 Å². The molecule has 0 bridgehead atoms. The molecule has 14 heteroatoms. The van der Waals surface area contributed by atoms with Crippen molar-refractivity contribution in [1.29, 1.82) is 0 Å². The highest BCUT2D eigenvalue weighted by molar-refractivity contribution is 7.46. The lowest BCUT2D eigenvalue weighted by molar-refractivity contribution is 0.106. The number of benzene rings is 2. The lowest BCUT2D eigenvalue weighted by atomic mass is 10.2. The highest BCUT2D eigenvalue weighted by atomic mass is 35.5. The third-order valence-corrected chi connectivity index (χ3v) is 6.78. The van der Waals surface area contributed by atoms with Crippen molar-refractivity contribution in [2.24, 2.45) is 5.73 Å². The minimum Gasteiger partial charge on any atom is -0.489 e. The summed E-state index contributed by atoms with van der Waals surface area (Å²) in [4.78, 5) is 17.7. The van der Waals surface area contributed by atoms with E-state index in [1.165, 1.54) is 24.3 Å². The SMILES string of the molecule is CC(C)Oc1ccc(-c2nnc(-c3cc(F)c(OC[C@@H](N)[C@H](C)OP(=O)(O)O)cc3Cl)s2)cc1Cl. The molecule has 0 fully saturated rings. The summed E-state index contributed by atoms with van der Waals surface area (Å²) >= 11 is 13.9. The van der Waals surface area contributed by atoms with Crippen LogP contribution < -0.4 is 15.2 Å². The number of aromatic nitrogens is 2. The molecule has 190 valence electrons. The molecule has 0 aliphatic carbocycles. The molecule has 0 spiro atoms. The Bertz CT molecular complexity index is 1240. The van der Waals surface area contributed by atoms with Crippen molar-refractivity contribution in [3.63, 3.8) is 0 Å². The van der Waals surface area contributed by atoms with Crippen LogP contribution in [-0.2, 0) is 9.09 Å². The van der Waals surface area contributed by atoms with Crippen molar-refractivity contribution in [1.82, 2.24) is 10.2 Å². The normalized spacial score (nSPS) is 13.7. The van der Waals surface area contributed by atoms with Crippen LogP contribution in [0, 0.1) is 5.82 Å². The molecule has 0 radical (unpaired) electrons. The molecule has 0 aliphatic heterocycles. The second-order valence-electron chi connectivity index (χ2n) is 7.76. The summed E-state index contributed by atoms with van der Waals surface area (Å²) in [6.07, 6.45) is -1.06. The Morgan fingerprint density at radius 3 is 2.40 bits per heavy atom. The van der Waals surface area contributed by atoms with Gasteiger partial charge in [-0.2, -0.15) is 0 Å². The number of ether oxygens (including phenoxy) is 2. The second kappa shape index (κ2) is 11.5. The van der Waals surface area contributed by atoms with E-state index in [9.17, 15) is 8.96 Å². The molecule has 0 unspecified atom stereocenters. The average Bonchev–Trinajstić information content (AvgIpc) is 3.23. The molecule has 3 rings (SSSR count). The summed E-state index contributed by atoms with van der Waals surface area (Å²) in [5.41, 5.74) is 6.83. The zero-order chi connectivity index (χ0) is 25.9. The lowest BCUT2D eigenvalue weighted by Crippen LogP contribution is -2.39. The molecule has 0 saturated carbocycles. The number of nitrogens with zero attached hydrogens (tertiary/aromatic N) is 2. The van der Waals surface area contributed by atoms with Crippen LogP contribution in [-0.4, -0.2) is 44.8 Å². The highest BCUT2D eigenvalue weighted by Crippen LogP contribution is 2.39. The molecule has 0 aliphatic rings. The molecule has 2 aromatic carbocycles. The number of hydrogen-bond donors (Lipinski definition) is 3. The maximum Gasteiger partial charge on any atom is 0.469 e. The fourth-order valence-electron chi connectivity index (χ4n) is 2.85.